The number of quaternary nitrogens is 1. The van der Waals surface area contributed by atoms with Crippen LogP contribution in [0.15, 0.2) is 18.2 Å². The molecule has 0 radical (unpaired) electrons. The summed E-state index contributed by atoms with van der Waals surface area (Å²) in [5.74, 6) is -0.0896. The summed E-state index contributed by atoms with van der Waals surface area (Å²) in [6.45, 7) is 4.74. The van der Waals surface area contributed by atoms with Gasteiger partial charge in [0.25, 0.3) is 11.8 Å². The minimum atomic E-state index is -0.236. The van der Waals surface area contributed by atoms with Crippen LogP contribution in [0.1, 0.15) is 18.5 Å². The SMILES string of the molecule is C[C@@H](NC(=O)C[NH+](C)CC(=O)N1CCOCC1)c1ccc(Cl)cc1Cl. The van der Waals surface area contributed by atoms with E-state index >= 15 is 0 Å². The predicted octanol–water partition coefficient (Wildman–Crippen LogP) is 0.544. The van der Waals surface area contributed by atoms with Gasteiger partial charge in [-0.25, -0.2) is 0 Å². The molecule has 1 fully saturated rings. The summed E-state index contributed by atoms with van der Waals surface area (Å²) < 4.78 is 5.24. The number of ether oxygens (including phenoxy) is 1. The molecular formula is C17H24Cl2N3O3+. The van der Waals surface area contributed by atoms with Crippen LogP contribution in [-0.4, -0.2) is 63.2 Å². The molecule has 0 aromatic heterocycles. The molecule has 0 spiro atoms. The quantitative estimate of drug-likeness (QED) is 0.747. The number of halogens is 2. The van der Waals surface area contributed by atoms with Crippen molar-refractivity contribution in [3.8, 4) is 0 Å². The second-order valence-electron chi connectivity index (χ2n) is 6.26. The number of hydrogen-bond acceptors (Lipinski definition) is 3. The first-order valence-corrected chi connectivity index (χ1v) is 9.03. The minimum absolute atomic E-state index is 0.0439. The van der Waals surface area contributed by atoms with Gasteiger partial charge in [-0.1, -0.05) is 29.3 Å². The summed E-state index contributed by atoms with van der Waals surface area (Å²) in [7, 11) is 1.83. The predicted molar refractivity (Wildman–Crippen MR) is 97.0 cm³/mol. The van der Waals surface area contributed by atoms with E-state index in [1.807, 2.05) is 14.0 Å². The maximum atomic E-state index is 12.2. The van der Waals surface area contributed by atoms with Crippen molar-refractivity contribution in [1.82, 2.24) is 10.2 Å². The lowest BCUT2D eigenvalue weighted by atomic mass is 10.1. The molecule has 0 saturated carbocycles. The van der Waals surface area contributed by atoms with Crippen molar-refractivity contribution in [2.45, 2.75) is 13.0 Å². The van der Waals surface area contributed by atoms with E-state index in [0.717, 1.165) is 10.5 Å². The molecule has 2 N–H and O–H groups in total. The minimum Gasteiger partial charge on any atom is -0.378 e. The van der Waals surface area contributed by atoms with Gasteiger partial charge in [-0.3, -0.25) is 9.59 Å². The van der Waals surface area contributed by atoms with Gasteiger partial charge in [0.15, 0.2) is 13.1 Å². The molecule has 6 nitrogen and oxygen atoms in total. The first-order valence-electron chi connectivity index (χ1n) is 8.28. The van der Waals surface area contributed by atoms with Gasteiger partial charge in [-0.05, 0) is 24.6 Å². The van der Waals surface area contributed by atoms with Crippen molar-refractivity contribution in [2.75, 3.05) is 46.4 Å². The Morgan fingerprint density at radius 2 is 1.96 bits per heavy atom. The van der Waals surface area contributed by atoms with Gasteiger partial charge in [0.1, 0.15) is 0 Å². The van der Waals surface area contributed by atoms with Crippen molar-refractivity contribution in [1.29, 1.82) is 0 Å². The van der Waals surface area contributed by atoms with E-state index < -0.39 is 0 Å². The van der Waals surface area contributed by atoms with Gasteiger partial charge in [-0.2, -0.15) is 0 Å². The van der Waals surface area contributed by atoms with Crippen molar-refractivity contribution < 1.29 is 19.2 Å². The Kier molecular flexibility index (Phi) is 7.50. The van der Waals surface area contributed by atoms with E-state index in [1.54, 1.807) is 23.1 Å². The number of amides is 2. The Balaban J connectivity index is 1.81. The van der Waals surface area contributed by atoms with Crippen molar-refractivity contribution in [3.05, 3.63) is 33.8 Å². The third-order valence-corrected chi connectivity index (χ3v) is 4.65. The molecule has 25 heavy (non-hydrogen) atoms. The fourth-order valence-electron chi connectivity index (χ4n) is 2.74. The third kappa shape index (κ3) is 6.15. The van der Waals surface area contributed by atoms with Crippen LogP contribution in [0.25, 0.3) is 0 Å². The number of likely N-dealkylation sites (N-methyl/N-ethyl adjacent to an activating group) is 1. The average Bonchev–Trinajstić information content (AvgIpc) is 2.55. The summed E-state index contributed by atoms with van der Waals surface area (Å²) in [5.41, 5.74) is 0.807. The van der Waals surface area contributed by atoms with E-state index in [9.17, 15) is 9.59 Å². The maximum Gasteiger partial charge on any atom is 0.277 e. The molecule has 1 unspecified atom stereocenters. The zero-order chi connectivity index (χ0) is 18.4. The summed E-state index contributed by atoms with van der Waals surface area (Å²) in [4.78, 5) is 27.0. The molecule has 8 heteroatoms. The summed E-state index contributed by atoms with van der Waals surface area (Å²) in [5, 5.41) is 3.98. The van der Waals surface area contributed by atoms with Crippen LogP contribution in [0.3, 0.4) is 0 Å². The highest BCUT2D eigenvalue weighted by atomic mass is 35.5. The Hall–Kier alpha value is -1.34. The number of morpholine rings is 1. The highest BCUT2D eigenvalue weighted by Crippen LogP contribution is 2.25. The molecule has 1 heterocycles. The monoisotopic (exact) mass is 388 g/mol. The van der Waals surface area contributed by atoms with Crippen LogP contribution in [0.2, 0.25) is 10.0 Å². The van der Waals surface area contributed by atoms with Crippen molar-refractivity contribution in [3.63, 3.8) is 0 Å². The zero-order valence-corrected chi connectivity index (χ0v) is 16.0. The number of nitrogens with one attached hydrogen (secondary N) is 2. The second-order valence-corrected chi connectivity index (χ2v) is 7.10. The lowest BCUT2D eigenvalue weighted by Gasteiger charge is -2.27. The zero-order valence-electron chi connectivity index (χ0n) is 14.5. The summed E-state index contributed by atoms with van der Waals surface area (Å²) >= 11 is 12.1. The number of rotatable bonds is 6. The summed E-state index contributed by atoms with van der Waals surface area (Å²) in [6, 6.07) is 4.96. The van der Waals surface area contributed by atoms with E-state index in [1.165, 1.54) is 0 Å². The van der Waals surface area contributed by atoms with Gasteiger partial charge in [0.2, 0.25) is 0 Å². The van der Waals surface area contributed by atoms with Gasteiger partial charge in [0, 0.05) is 23.1 Å². The van der Waals surface area contributed by atoms with Crippen LogP contribution in [-0.2, 0) is 14.3 Å². The van der Waals surface area contributed by atoms with Gasteiger partial charge >= 0.3 is 0 Å². The van der Waals surface area contributed by atoms with Crippen LogP contribution < -0.4 is 10.2 Å². The van der Waals surface area contributed by atoms with Crippen LogP contribution in [0.5, 0.6) is 0 Å². The molecular weight excluding hydrogens is 365 g/mol. The largest absolute Gasteiger partial charge is 0.378 e. The molecule has 1 aliphatic rings. The summed E-state index contributed by atoms with van der Waals surface area (Å²) in [6.07, 6.45) is 0. The third-order valence-electron chi connectivity index (χ3n) is 4.09. The van der Waals surface area contributed by atoms with E-state index in [2.05, 4.69) is 5.32 Å². The van der Waals surface area contributed by atoms with Crippen LogP contribution in [0, 0.1) is 0 Å². The maximum absolute atomic E-state index is 12.2. The van der Waals surface area contributed by atoms with E-state index in [0.29, 0.717) is 36.3 Å². The van der Waals surface area contributed by atoms with Gasteiger partial charge < -0.3 is 19.9 Å². The van der Waals surface area contributed by atoms with Gasteiger partial charge in [-0.15, -0.1) is 0 Å². The molecule has 0 bridgehead atoms. The molecule has 2 rings (SSSR count). The molecule has 1 saturated heterocycles. The lowest BCUT2D eigenvalue weighted by Crippen LogP contribution is -3.11. The smallest absolute Gasteiger partial charge is 0.277 e. The fraction of sp³-hybridized carbons (Fsp3) is 0.529. The normalized spacial score (nSPS) is 17.0. The Labute approximate surface area is 158 Å². The lowest BCUT2D eigenvalue weighted by molar-refractivity contribution is -0.863. The average molecular weight is 389 g/mol. The molecule has 2 atom stereocenters. The Morgan fingerprint density at radius 3 is 2.60 bits per heavy atom. The number of benzene rings is 1. The topological polar surface area (TPSA) is 63.1 Å². The molecule has 0 aliphatic carbocycles. The number of nitrogens with zero attached hydrogens (tertiary/aromatic N) is 1. The van der Waals surface area contributed by atoms with E-state index in [-0.39, 0.29) is 30.9 Å². The highest BCUT2D eigenvalue weighted by molar-refractivity contribution is 6.35. The number of hydrogen-bond donors (Lipinski definition) is 2. The van der Waals surface area contributed by atoms with Crippen molar-refractivity contribution in [2.24, 2.45) is 0 Å². The molecule has 1 aromatic carbocycles. The Morgan fingerprint density at radius 1 is 1.28 bits per heavy atom. The molecule has 138 valence electrons. The second kappa shape index (κ2) is 9.38. The number of carbonyl (C=O) groups excluding carboxylic acids is 2. The van der Waals surface area contributed by atoms with E-state index in [4.69, 9.17) is 27.9 Å². The Bertz CT molecular complexity index is 621. The molecule has 1 aliphatic heterocycles. The standard InChI is InChI=1S/C17H23Cl2N3O3/c1-12(14-4-3-13(18)9-15(14)19)20-16(23)10-21(2)11-17(24)22-5-7-25-8-6-22/h3-4,9,12H,5-8,10-11H2,1-2H3,(H,20,23)/p+1/t12-/m1/s1. The molecule has 2 amide bonds. The van der Waals surface area contributed by atoms with Gasteiger partial charge in [0.05, 0.1) is 26.3 Å². The van der Waals surface area contributed by atoms with Crippen LogP contribution >= 0.6 is 23.2 Å². The highest BCUT2D eigenvalue weighted by Gasteiger charge is 2.22. The number of carbonyl (C=O) groups is 2. The fourth-order valence-corrected chi connectivity index (χ4v) is 3.31. The first-order chi connectivity index (χ1) is 11.9. The molecule has 1 aromatic rings. The van der Waals surface area contributed by atoms with Crippen LogP contribution in [0.4, 0.5) is 0 Å². The van der Waals surface area contributed by atoms with Crippen molar-refractivity contribution >= 4 is 35.0 Å². The first kappa shape index (κ1) is 20.0.